The maximum absolute atomic E-state index is 10.5. The number of rotatable bonds is 4. The van der Waals surface area contributed by atoms with Crippen LogP contribution >= 0.6 is 0 Å². The number of hydrogen-bond acceptors (Lipinski definition) is 3. The lowest BCUT2D eigenvalue weighted by atomic mass is 10.2. The highest BCUT2D eigenvalue weighted by Gasteiger charge is 2.01. The van der Waals surface area contributed by atoms with Crippen LogP contribution in [0.4, 0.5) is 5.69 Å². The first-order valence-electron chi connectivity index (χ1n) is 5.94. The number of anilines is 1. The molecule has 0 unspecified atom stereocenters. The van der Waals surface area contributed by atoms with Crippen molar-refractivity contribution < 1.29 is 14.7 Å². The second-order valence-electron chi connectivity index (χ2n) is 3.99. The van der Waals surface area contributed by atoms with Crippen molar-refractivity contribution in [3.63, 3.8) is 0 Å². The zero-order valence-corrected chi connectivity index (χ0v) is 11.4. The monoisotopic (exact) mass is 251 g/mol. The van der Waals surface area contributed by atoms with Crippen LogP contribution in [0, 0.1) is 0 Å². The van der Waals surface area contributed by atoms with E-state index in [1.165, 1.54) is 0 Å². The Hall–Kier alpha value is -1.84. The molecule has 1 N–H and O–H groups in total. The molecule has 0 aliphatic carbocycles. The van der Waals surface area contributed by atoms with E-state index in [-0.39, 0.29) is 0 Å². The van der Waals surface area contributed by atoms with Crippen molar-refractivity contribution in [1.29, 1.82) is 0 Å². The first-order chi connectivity index (χ1) is 8.42. The Morgan fingerprint density at radius 1 is 1.06 bits per heavy atom. The summed E-state index contributed by atoms with van der Waals surface area (Å²) in [6, 6.07) is 6.75. The van der Waals surface area contributed by atoms with Gasteiger partial charge in [-0.05, 0) is 24.3 Å². The molecule has 0 spiro atoms. The predicted octanol–water partition coefficient (Wildman–Crippen LogP) is 2.83. The fraction of sp³-hybridized carbons (Fsp3) is 0.429. The van der Waals surface area contributed by atoms with Gasteiger partial charge >= 0.3 is 5.97 Å². The van der Waals surface area contributed by atoms with E-state index < -0.39 is 5.97 Å². The Morgan fingerprint density at radius 2 is 1.50 bits per heavy atom. The molecule has 0 atom stereocenters. The van der Waals surface area contributed by atoms with Crippen LogP contribution in [-0.4, -0.2) is 31.0 Å². The molecule has 0 aliphatic rings. The van der Waals surface area contributed by atoms with Crippen LogP contribution < -0.4 is 4.90 Å². The number of carbonyl (C=O) groups excluding carboxylic acids is 1. The molecule has 0 saturated heterocycles. The van der Waals surface area contributed by atoms with Gasteiger partial charge in [0, 0.05) is 32.6 Å². The summed E-state index contributed by atoms with van der Waals surface area (Å²) in [6.45, 7) is 3.76. The van der Waals surface area contributed by atoms with E-state index in [4.69, 9.17) is 5.11 Å². The van der Waals surface area contributed by atoms with E-state index in [2.05, 4.69) is 0 Å². The highest BCUT2D eigenvalue weighted by molar-refractivity contribution is 5.88. The van der Waals surface area contributed by atoms with Gasteiger partial charge in [0.25, 0.3) is 0 Å². The van der Waals surface area contributed by atoms with Crippen LogP contribution in [0.25, 0.3) is 0 Å². The molecule has 1 aromatic carbocycles. The maximum Gasteiger partial charge on any atom is 0.335 e. The van der Waals surface area contributed by atoms with Gasteiger partial charge in [-0.3, -0.25) is 4.79 Å². The Bertz CT molecular complexity index is 377. The Kier molecular flexibility index (Phi) is 7.43. The number of ketones is 1. The van der Waals surface area contributed by atoms with Gasteiger partial charge in [-0.1, -0.05) is 13.8 Å². The number of benzene rings is 1. The summed E-state index contributed by atoms with van der Waals surface area (Å²) in [5, 5.41) is 8.60. The average Bonchev–Trinajstić information content (AvgIpc) is 2.38. The number of Topliss-reactive ketones (excluding diaryl/α,β-unsaturated/α-hetero) is 1. The summed E-state index contributed by atoms with van der Waals surface area (Å²) in [4.78, 5) is 22.6. The molecule has 100 valence electrons. The Balaban J connectivity index is 0.000000411. The number of carboxylic acid groups (broad SMARTS) is 1. The third-order valence-electron chi connectivity index (χ3n) is 2.42. The fourth-order valence-electron chi connectivity index (χ4n) is 1.15. The van der Waals surface area contributed by atoms with E-state index in [9.17, 15) is 9.59 Å². The predicted molar refractivity (Wildman–Crippen MR) is 73.3 cm³/mol. The lowest BCUT2D eigenvalue weighted by molar-refractivity contribution is -0.118. The van der Waals surface area contributed by atoms with Gasteiger partial charge in [0.1, 0.15) is 5.78 Å². The molecule has 0 amide bonds. The molecule has 0 heterocycles. The molecular weight excluding hydrogens is 230 g/mol. The second-order valence-corrected chi connectivity index (χ2v) is 3.99. The van der Waals surface area contributed by atoms with Crippen molar-refractivity contribution in [3.05, 3.63) is 29.8 Å². The van der Waals surface area contributed by atoms with E-state index >= 15 is 0 Å². The second kappa shape index (κ2) is 8.28. The molecular formula is C14H21NO3. The largest absolute Gasteiger partial charge is 0.478 e. The van der Waals surface area contributed by atoms with E-state index in [1.54, 1.807) is 24.3 Å². The quantitative estimate of drug-likeness (QED) is 0.894. The van der Waals surface area contributed by atoms with Crippen LogP contribution in [-0.2, 0) is 4.79 Å². The van der Waals surface area contributed by atoms with Gasteiger partial charge in [-0.25, -0.2) is 4.79 Å². The highest BCUT2D eigenvalue weighted by Crippen LogP contribution is 2.11. The first kappa shape index (κ1) is 16.2. The highest BCUT2D eigenvalue weighted by atomic mass is 16.4. The summed E-state index contributed by atoms with van der Waals surface area (Å²) >= 11 is 0. The van der Waals surface area contributed by atoms with Gasteiger partial charge in [0.15, 0.2) is 0 Å². The minimum atomic E-state index is -0.889. The van der Waals surface area contributed by atoms with Crippen molar-refractivity contribution in [3.8, 4) is 0 Å². The van der Waals surface area contributed by atoms with Gasteiger partial charge in [-0.15, -0.1) is 0 Å². The Morgan fingerprint density at radius 3 is 1.72 bits per heavy atom. The first-order valence-corrected chi connectivity index (χ1v) is 5.94. The molecule has 4 heteroatoms. The summed E-state index contributed by atoms with van der Waals surface area (Å²) < 4.78 is 0. The third-order valence-corrected chi connectivity index (χ3v) is 2.42. The fourth-order valence-corrected chi connectivity index (χ4v) is 1.15. The zero-order valence-electron chi connectivity index (χ0n) is 11.4. The Labute approximate surface area is 108 Å². The van der Waals surface area contributed by atoms with Crippen molar-refractivity contribution in [1.82, 2.24) is 0 Å². The van der Waals surface area contributed by atoms with Crippen molar-refractivity contribution in [2.24, 2.45) is 0 Å². The number of aromatic carboxylic acids is 1. The minimum Gasteiger partial charge on any atom is -0.478 e. The van der Waals surface area contributed by atoms with E-state index in [0.29, 0.717) is 24.2 Å². The van der Waals surface area contributed by atoms with Gasteiger partial charge in [0.2, 0.25) is 0 Å². The molecule has 1 aromatic rings. The third kappa shape index (κ3) is 6.03. The number of carbonyl (C=O) groups is 2. The minimum absolute atomic E-state index is 0.320. The van der Waals surface area contributed by atoms with Gasteiger partial charge in [-0.2, -0.15) is 0 Å². The maximum atomic E-state index is 10.5. The lowest BCUT2D eigenvalue weighted by Gasteiger charge is -2.11. The lowest BCUT2D eigenvalue weighted by Crippen LogP contribution is -2.08. The van der Waals surface area contributed by atoms with Crippen molar-refractivity contribution in [2.75, 3.05) is 19.0 Å². The summed E-state index contributed by atoms with van der Waals surface area (Å²) in [5.41, 5.74) is 1.32. The summed E-state index contributed by atoms with van der Waals surface area (Å²) in [6.07, 6.45) is 1.38. The topological polar surface area (TPSA) is 57.6 Å². The smallest absolute Gasteiger partial charge is 0.335 e. The molecule has 1 rings (SSSR count). The molecule has 0 radical (unpaired) electrons. The van der Waals surface area contributed by atoms with Crippen LogP contribution in [0.3, 0.4) is 0 Å². The molecule has 0 bridgehead atoms. The average molecular weight is 251 g/mol. The molecule has 18 heavy (non-hydrogen) atoms. The molecule has 0 fully saturated rings. The molecule has 0 aliphatic heterocycles. The molecule has 0 aromatic heterocycles. The molecule has 0 saturated carbocycles. The van der Waals surface area contributed by atoms with Gasteiger partial charge in [0.05, 0.1) is 5.56 Å². The molecule has 4 nitrogen and oxygen atoms in total. The van der Waals surface area contributed by atoms with Crippen LogP contribution in [0.15, 0.2) is 24.3 Å². The number of nitrogens with zero attached hydrogens (tertiary/aromatic N) is 1. The number of hydrogen-bond donors (Lipinski definition) is 1. The SMILES string of the molecule is CCC(=O)CC.CN(C)c1ccc(C(=O)O)cc1. The van der Waals surface area contributed by atoms with Crippen LogP contribution in [0.2, 0.25) is 0 Å². The van der Waals surface area contributed by atoms with Crippen LogP contribution in [0.5, 0.6) is 0 Å². The normalized spacial score (nSPS) is 9.11. The standard InChI is InChI=1S/C9H11NO2.C5H10O/c1-10(2)8-5-3-7(4-6-8)9(11)12;1-3-5(6)4-2/h3-6H,1-2H3,(H,11,12);3-4H2,1-2H3. The van der Waals surface area contributed by atoms with E-state index in [1.807, 2.05) is 32.8 Å². The van der Waals surface area contributed by atoms with Gasteiger partial charge < -0.3 is 10.0 Å². The number of carboxylic acids is 1. The summed E-state index contributed by atoms with van der Waals surface area (Å²) in [7, 11) is 3.82. The van der Waals surface area contributed by atoms with Crippen LogP contribution in [0.1, 0.15) is 37.0 Å². The van der Waals surface area contributed by atoms with E-state index in [0.717, 1.165) is 5.69 Å². The summed E-state index contributed by atoms with van der Waals surface area (Å²) in [5.74, 6) is -0.546. The van der Waals surface area contributed by atoms with Crippen molar-refractivity contribution in [2.45, 2.75) is 26.7 Å². The zero-order chi connectivity index (χ0) is 14.1. The van der Waals surface area contributed by atoms with Crippen molar-refractivity contribution >= 4 is 17.4 Å².